The van der Waals surface area contributed by atoms with Gasteiger partial charge in [-0.2, -0.15) is 0 Å². The molecule has 11 aromatic carbocycles. The van der Waals surface area contributed by atoms with Crippen LogP contribution in [-0.4, -0.2) is 0 Å². The van der Waals surface area contributed by atoms with Gasteiger partial charge in [-0.05, 0) is 160 Å². The molecule has 0 fully saturated rings. The molecule has 0 atom stereocenters. The second-order valence-corrected chi connectivity index (χ2v) is 17.1. The standard InChI is InChI=1S/C64H45N/c1-2-14-44(15-3-1)46-30-36-54(37-31-46)65(55-38-32-47(33-39-55)51-20-12-21-52(42-51)58-27-13-19-48-17-6-7-22-57(48)58)56-40-34-49(35-41-56)63-59-23-8-10-25-61(59)64(62-26-11-9-24-60(62)63)53-29-28-45-16-4-5-18-50(45)43-53/h1-5,7-16,18-43H,6,17H2. The predicted octanol–water partition coefficient (Wildman–Crippen LogP) is 17.9. The van der Waals surface area contributed by atoms with E-state index >= 15 is 0 Å². The van der Waals surface area contributed by atoms with Crippen LogP contribution in [0.5, 0.6) is 0 Å². The maximum absolute atomic E-state index is 2.38. The van der Waals surface area contributed by atoms with Crippen molar-refractivity contribution in [1.29, 1.82) is 0 Å². The van der Waals surface area contributed by atoms with Crippen molar-refractivity contribution in [3.05, 3.63) is 254 Å². The van der Waals surface area contributed by atoms with Crippen LogP contribution >= 0.6 is 0 Å². The molecule has 1 aliphatic carbocycles. The molecule has 0 saturated carbocycles. The molecule has 0 aliphatic heterocycles. The van der Waals surface area contributed by atoms with Crippen molar-refractivity contribution in [2.45, 2.75) is 12.8 Å². The second-order valence-electron chi connectivity index (χ2n) is 17.1. The monoisotopic (exact) mass is 827 g/mol. The molecule has 12 rings (SSSR count). The van der Waals surface area contributed by atoms with Crippen molar-refractivity contribution in [2.24, 2.45) is 0 Å². The molecule has 0 spiro atoms. The van der Waals surface area contributed by atoms with Crippen LogP contribution in [0.1, 0.15) is 17.5 Å². The number of fused-ring (bicyclic) bond motifs is 4. The van der Waals surface area contributed by atoms with Gasteiger partial charge in [0.15, 0.2) is 0 Å². The zero-order valence-corrected chi connectivity index (χ0v) is 36.0. The number of hydrogen-bond acceptors (Lipinski definition) is 1. The summed E-state index contributed by atoms with van der Waals surface area (Å²) in [7, 11) is 0. The minimum absolute atomic E-state index is 1.10. The molecular weight excluding hydrogens is 783 g/mol. The Bertz CT molecular complexity index is 3510. The zero-order valence-electron chi connectivity index (χ0n) is 36.0. The van der Waals surface area contributed by atoms with Crippen LogP contribution in [0.25, 0.3) is 94.0 Å². The van der Waals surface area contributed by atoms with Gasteiger partial charge in [0.05, 0.1) is 0 Å². The zero-order chi connectivity index (χ0) is 43.1. The summed E-state index contributed by atoms with van der Waals surface area (Å²) in [5.74, 6) is 0. The molecule has 0 radical (unpaired) electrons. The van der Waals surface area contributed by atoms with Crippen LogP contribution in [0.3, 0.4) is 0 Å². The fraction of sp³-hybridized carbons (Fsp3) is 0.0312. The van der Waals surface area contributed by atoms with E-state index in [0.29, 0.717) is 0 Å². The topological polar surface area (TPSA) is 3.24 Å². The van der Waals surface area contributed by atoms with E-state index in [0.717, 1.165) is 29.9 Å². The lowest BCUT2D eigenvalue weighted by Gasteiger charge is -2.26. The number of benzene rings is 11. The van der Waals surface area contributed by atoms with Gasteiger partial charge in [0.1, 0.15) is 0 Å². The summed E-state index contributed by atoms with van der Waals surface area (Å²) in [4.78, 5) is 2.38. The van der Waals surface area contributed by atoms with Crippen LogP contribution in [-0.2, 0) is 6.42 Å². The fourth-order valence-electron chi connectivity index (χ4n) is 10.1. The minimum atomic E-state index is 1.10. The number of anilines is 3. The maximum Gasteiger partial charge on any atom is 0.0462 e. The van der Waals surface area contributed by atoms with Gasteiger partial charge in [-0.3, -0.25) is 0 Å². The van der Waals surface area contributed by atoms with Gasteiger partial charge in [-0.15, -0.1) is 0 Å². The number of aryl methyl sites for hydroxylation is 1. The number of rotatable bonds is 8. The predicted molar refractivity (Wildman–Crippen MR) is 278 cm³/mol. The Morgan fingerprint density at radius 1 is 0.308 bits per heavy atom. The first-order valence-corrected chi connectivity index (χ1v) is 22.7. The molecule has 65 heavy (non-hydrogen) atoms. The molecule has 0 saturated heterocycles. The van der Waals surface area contributed by atoms with Crippen LogP contribution in [0.2, 0.25) is 0 Å². The Kier molecular flexibility index (Phi) is 9.73. The summed E-state index contributed by atoms with van der Waals surface area (Å²) in [6, 6.07) is 86.9. The number of nitrogens with zero attached hydrogens (tertiary/aromatic N) is 1. The molecule has 306 valence electrons. The molecule has 1 nitrogen and oxygen atoms in total. The van der Waals surface area contributed by atoms with Crippen molar-refractivity contribution in [3.8, 4) is 55.6 Å². The van der Waals surface area contributed by atoms with Gasteiger partial charge < -0.3 is 4.90 Å². The highest BCUT2D eigenvalue weighted by Crippen LogP contribution is 2.45. The van der Waals surface area contributed by atoms with E-state index in [1.54, 1.807) is 0 Å². The van der Waals surface area contributed by atoms with E-state index in [-0.39, 0.29) is 0 Å². The lowest BCUT2D eigenvalue weighted by molar-refractivity contribution is 0.986. The quantitative estimate of drug-likeness (QED) is 0.138. The molecule has 0 amide bonds. The first-order chi connectivity index (χ1) is 32.2. The van der Waals surface area contributed by atoms with E-state index in [9.17, 15) is 0 Å². The Labute approximate surface area is 380 Å². The van der Waals surface area contributed by atoms with Gasteiger partial charge in [-0.25, -0.2) is 0 Å². The van der Waals surface area contributed by atoms with Crippen LogP contribution < -0.4 is 4.90 Å². The molecule has 0 aromatic heterocycles. The van der Waals surface area contributed by atoms with Gasteiger partial charge in [0, 0.05) is 17.1 Å². The Balaban J connectivity index is 0.945. The average molecular weight is 828 g/mol. The normalized spacial score (nSPS) is 12.1. The van der Waals surface area contributed by atoms with Crippen LogP contribution in [0.15, 0.2) is 243 Å². The first kappa shape index (κ1) is 38.4. The van der Waals surface area contributed by atoms with Crippen molar-refractivity contribution in [2.75, 3.05) is 4.90 Å². The third-order valence-corrected chi connectivity index (χ3v) is 13.3. The van der Waals surface area contributed by atoms with Crippen LogP contribution in [0.4, 0.5) is 17.1 Å². The summed E-state index contributed by atoms with van der Waals surface area (Å²) in [5, 5.41) is 7.51. The van der Waals surface area contributed by atoms with Crippen molar-refractivity contribution in [1.82, 2.24) is 0 Å². The highest BCUT2D eigenvalue weighted by Gasteiger charge is 2.19. The summed E-state index contributed by atoms with van der Waals surface area (Å²) in [6.07, 6.45) is 6.81. The Morgan fingerprint density at radius 3 is 1.43 bits per heavy atom. The summed E-state index contributed by atoms with van der Waals surface area (Å²) < 4.78 is 0. The third-order valence-electron chi connectivity index (χ3n) is 13.3. The number of allylic oxidation sites excluding steroid dienone is 1. The van der Waals surface area contributed by atoms with Gasteiger partial charge in [-0.1, -0.05) is 200 Å². The highest BCUT2D eigenvalue weighted by atomic mass is 15.1. The largest absolute Gasteiger partial charge is 0.311 e. The van der Waals surface area contributed by atoms with E-state index < -0.39 is 0 Å². The molecule has 0 bridgehead atoms. The highest BCUT2D eigenvalue weighted by molar-refractivity contribution is 6.21. The average Bonchev–Trinajstić information content (AvgIpc) is 3.38. The summed E-state index contributed by atoms with van der Waals surface area (Å²) in [5.41, 5.74) is 18.4. The van der Waals surface area contributed by atoms with Crippen molar-refractivity contribution in [3.63, 3.8) is 0 Å². The van der Waals surface area contributed by atoms with Gasteiger partial charge in [0.25, 0.3) is 0 Å². The SMILES string of the molecule is C1=Cc2c(cccc2-c2cccc(-c3ccc(N(c4ccc(-c5ccccc5)cc4)c4ccc(-c5c6ccccc6c(-c6ccc7ccccc7c6)c6ccccc56)cc4)cc3)c2)CC1. The Morgan fingerprint density at radius 2 is 0.785 bits per heavy atom. The molecule has 11 aromatic rings. The molecular formula is C64H45N. The molecule has 1 heteroatoms. The maximum atomic E-state index is 2.38. The van der Waals surface area contributed by atoms with E-state index in [1.165, 1.54) is 99.1 Å². The second kappa shape index (κ2) is 16.5. The minimum Gasteiger partial charge on any atom is -0.311 e. The van der Waals surface area contributed by atoms with Crippen molar-refractivity contribution >= 4 is 55.5 Å². The first-order valence-electron chi connectivity index (χ1n) is 22.7. The van der Waals surface area contributed by atoms with Gasteiger partial charge in [0.2, 0.25) is 0 Å². The lowest BCUT2D eigenvalue weighted by Crippen LogP contribution is -2.09. The fourth-order valence-corrected chi connectivity index (χ4v) is 10.1. The molecule has 0 unspecified atom stereocenters. The summed E-state index contributed by atoms with van der Waals surface area (Å²) in [6.45, 7) is 0. The smallest absolute Gasteiger partial charge is 0.0462 e. The van der Waals surface area contributed by atoms with Gasteiger partial charge >= 0.3 is 0 Å². The van der Waals surface area contributed by atoms with E-state index in [2.05, 4.69) is 254 Å². The van der Waals surface area contributed by atoms with Crippen LogP contribution in [0, 0.1) is 0 Å². The van der Waals surface area contributed by atoms with Crippen molar-refractivity contribution < 1.29 is 0 Å². The molecule has 0 heterocycles. The van der Waals surface area contributed by atoms with E-state index in [1.807, 2.05) is 0 Å². The molecule has 0 N–H and O–H groups in total. The number of hydrogen-bond donors (Lipinski definition) is 0. The molecule has 1 aliphatic rings. The van der Waals surface area contributed by atoms with E-state index in [4.69, 9.17) is 0 Å². The third kappa shape index (κ3) is 7.08. The summed E-state index contributed by atoms with van der Waals surface area (Å²) >= 11 is 0. The Hall–Kier alpha value is -8.26. The lowest BCUT2D eigenvalue weighted by atomic mass is 9.85.